The van der Waals surface area contributed by atoms with Crippen molar-refractivity contribution in [1.29, 1.82) is 0 Å². The number of benzene rings is 1. The highest BCUT2D eigenvalue weighted by molar-refractivity contribution is 7.91. The number of fused-ring (bicyclic) bond motifs is 1. The van der Waals surface area contributed by atoms with Crippen LogP contribution >= 0.6 is 0 Å². The van der Waals surface area contributed by atoms with Gasteiger partial charge in [0.15, 0.2) is 21.4 Å². The van der Waals surface area contributed by atoms with Gasteiger partial charge in [0.1, 0.15) is 17.4 Å². The molecule has 30 heavy (non-hydrogen) atoms. The number of piperidine rings is 1. The highest BCUT2D eigenvalue weighted by atomic mass is 32.2. The lowest BCUT2D eigenvalue weighted by Gasteiger charge is -2.33. The molecule has 2 atom stereocenters. The molecule has 0 spiro atoms. The molecule has 2 heterocycles. The molecule has 0 unspecified atom stereocenters. The predicted molar refractivity (Wildman–Crippen MR) is 112 cm³/mol. The van der Waals surface area contributed by atoms with Crippen LogP contribution in [0.4, 0.5) is 0 Å². The molecule has 0 radical (unpaired) electrons. The summed E-state index contributed by atoms with van der Waals surface area (Å²) in [6, 6.07) is 6.41. The molecule has 2 amide bonds. The van der Waals surface area contributed by atoms with Crippen LogP contribution in [0.3, 0.4) is 0 Å². The smallest absolute Gasteiger partial charge is 0.287 e. The van der Waals surface area contributed by atoms with E-state index in [1.807, 2.05) is 19.1 Å². The monoisotopic (exact) mass is 434 g/mol. The summed E-state index contributed by atoms with van der Waals surface area (Å²) in [5, 5.41) is 3.45. The fraction of sp³-hybridized carbons (Fsp3) is 0.476. The quantitative estimate of drug-likeness (QED) is 0.740. The Morgan fingerprint density at radius 3 is 2.70 bits per heavy atom. The van der Waals surface area contributed by atoms with Crippen LogP contribution in [0.25, 0.3) is 11.0 Å². The Bertz CT molecular complexity index is 1090. The Hall–Kier alpha value is -2.68. The fourth-order valence-electron chi connectivity index (χ4n) is 3.69. The summed E-state index contributed by atoms with van der Waals surface area (Å²) in [7, 11) is -3.41. The van der Waals surface area contributed by atoms with Gasteiger partial charge in [0.2, 0.25) is 5.91 Å². The molecule has 1 fully saturated rings. The molecular weight excluding hydrogens is 408 g/mol. The van der Waals surface area contributed by atoms with E-state index in [1.165, 1.54) is 4.90 Å². The molecule has 1 aliphatic heterocycles. The maximum atomic E-state index is 12.8. The second kappa shape index (κ2) is 8.59. The molecule has 2 aromatic rings. The first-order chi connectivity index (χ1) is 14.0. The van der Waals surface area contributed by atoms with Gasteiger partial charge in [0.25, 0.3) is 5.91 Å². The van der Waals surface area contributed by atoms with Gasteiger partial charge in [-0.1, -0.05) is 11.6 Å². The number of nitrogens with one attached hydrogen (secondary N) is 1. The van der Waals surface area contributed by atoms with Crippen LogP contribution in [0.15, 0.2) is 28.7 Å². The van der Waals surface area contributed by atoms with Crippen LogP contribution in [-0.2, 0) is 19.4 Å². The Morgan fingerprint density at radius 1 is 1.27 bits per heavy atom. The molecule has 0 bridgehead atoms. The van der Waals surface area contributed by atoms with Crippen molar-refractivity contribution >= 4 is 38.4 Å². The number of carbonyl (C=O) groups excluding carboxylic acids is 3. The van der Waals surface area contributed by atoms with Crippen molar-refractivity contribution in [1.82, 2.24) is 10.2 Å². The average molecular weight is 435 g/mol. The minimum atomic E-state index is -3.41. The third kappa shape index (κ3) is 5.27. The van der Waals surface area contributed by atoms with Gasteiger partial charge in [-0.05, 0) is 44.9 Å². The summed E-state index contributed by atoms with van der Waals surface area (Å²) in [4.78, 5) is 39.1. The number of furan rings is 1. The number of Topliss-reactive ketones (excluding diaryl/α,β-unsaturated/α-hetero) is 1. The minimum absolute atomic E-state index is 0.120. The van der Waals surface area contributed by atoms with E-state index in [9.17, 15) is 22.8 Å². The summed E-state index contributed by atoms with van der Waals surface area (Å²) in [6.07, 6.45) is 2.18. The van der Waals surface area contributed by atoms with Crippen molar-refractivity contribution in [2.24, 2.45) is 5.92 Å². The van der Waals surface area contributed by atoms with Crippen LogP contribution in [0.5, 0.6) is 0 Å². The third-order valence-electron chi connectivity index (χ3n) is 5.21. The van der Waals surface area contributed by atoms with Crippen LogP contribution in [-0.4, -0.2) is 62.1 Å². The first-order valence-electron chi connectivity index (χ1n) is 9.84. The molecule has 1 aromatic heterocycles. The average Bonchev–Trinajstić information content (AvgIpc) is 3.09. The maximum Gasteiger partial charge on any atom is 0.287 e. The SMILES string of the molecule is Cc1ccc2oc(C(=O)N[C@H](C)C(=O)N3CCC[C@H](C(=O)CS(C)(=O)=O)C3)cc2c1. The molecule has 1 aliphatic rings. The number of sulfone groups is 1. The Labute approximate surface area is 175 Å². The summed E-state index contributed by atoms with van der Waals surface area (Å²) < 4.78 is 28.3. The lowest BCUT2D eigenvalue weighted by Crippen LogP contribution is -2.51. The second-order valence-electron chi connectivity index (χ2n) is 8.01. The fourth-order valence-corrected chi connectivity index (χ4v) is 4.45. The molecule has 1 saturated heterocycles. The highest BCUT2D eigenvalue weighted by Gasteiger charge is 2.32. The molecule has 162 valence electrons. The molecule has 0 aliphatic carbocycles. The number of hydrogen-bond donors (Lipinski definition) is 1. The van der Waals surface area contributed by atoms with Gasteiger partial charge < -0.3 is 14.6 Å². The zero-order chi connectivity index (χ0) is 22.1. The van der Waals surface area contributed by atoms with Crippen molar-refractivity contribution in [2.75, 3.05) is 25.1 Å². The molecule has 8 nitrogen and oxygen atoms in total. The first kappa shape index (κ1) is 22.0. The Morgan fingerprint density at radius 2 is 2.00 bits per heavy atom. The third-order valence-corrected chi connectivity index (χ3v) is 6.02. The van der Waals surface area contributed by atoms with Gasteiger partial charge in [0, 0.05) is 30.6 Å². The van der Waals surface area contributed by atoms with Crippen molar-refractivity contribution in [3.8, 4) is 0 Å². The zero-order valence-corrected chi connectivity index (χ0v) is 18.1. The standard InChI is InChI=1S/C21H26N2O6S/c1-13-6-7-18-16(9-13)10-19(29-18)20(25)22-14(2)21(26)23-8-4-5-15(11-23)17(24)12-30(3,27)28/h6-7,9-10,14-15H,4-5,8,11-12H2,1-3H3,(H,22,25)/t14-,15+/m1/s1. The van der Waals surface area contributed by atoms with Crippen LogP contribution in [0.1, 0.15) is 35.9 Å². The zero-order valence-electron chi connectivity index (χ0n) is 17.3. The van der Waals surface area contributed by atoms with Gasteiger partial charge in [0.05, 0.1) is 0 Å². The number of likely N-dealkylation sites (tertiary alicyclic amines) is 1. The highest BCUT2D eigenvalue weighted by Crippen LogP contribution is 2.21. The Balaban J connectivity index is 1.62. The normalized spacial score (nSPS) is 18.2. The number of aryl methyl sites for hydroxylation is 1. The largest absolute Gasteiger partial charge is 0.451 e. The van der Waals surface area contributed by atoms with E-state index in [0.29, 0.717) is 25.0 Å². The lowest BCUT2D eigenvalue weighted by atomic mass is 9.94. The van der Waals surface area contributed by atoms with E-state index in [1.54, 1.807) is 19.1 Å². The van der Waals surface area contributed by atoms with E-state index in [2.05, 4.69) is 5.32 Å². The summed E-state index contributed by atoms with van der Waals surface area (Å²) in [5.41, 5.74) is 1.64. The Kier molecular flexibility index (Phi) is 6.30. The van der Waals surface area contributed by atoms with Gasteiger partial charge in [-0.15, -0.1) is 0 Å². The van der Waals surface area contributed by atoms with Gasteiger partial charge in [-0.25, -0.2) is 8.42 Å². The van der Waals surface area contributed by atoms with Crippen molar-refractivity contribution in [3.05, 3.63) is 35.6 Å². The van der Waals surface area contributed by atoms with Crippen LogP contribution < -0.4 is 5.32 Å². The van der Waals surface area contributed by atoms with Gasteiger partial charge in [-0.2, -0.15) is 0 Å². The molecule has 0 saturated carbocycles. The van der Waals surface area contributed by atoms with Crippen LogP contribution in [0.2, 0.25) is 0 Å². The number of ketones is 1. The molecule has 9 heteroatoms. The van der Waals surface area contributed by atoms with Crippen LogP contribution in [0, 0.1) is 12.8 Å². The van der Waals surface area contributed by atoms with Crippen molar-refractivity contribution in [3.63, 3.8) is 0 Å². The number of rotatable bonds is 6. The first-order valence-corrected chi connectivity index (χ1v) is 11.9. The second-order valence-corrected chi connectivity index (χ2v) is 10.1. The van der Waals surface area contributed by atoms with Gasteiger partial charge in [-0.3, -0.25) is 14.4 Å². The van der Waals surface area contributed by atoms with E-state index >= 15 is 0 Å². The van der Waals surface area contributed by atoms with Crippen molar-refractivity contribution in [2.45, 2.75) is 32.7 Å². The number of amides is 2. The number of nitrogens with zero attached hydrogens (tertiary/aromatic N) is 1. The lowest BCUT2D eigenvalue weighted by molar-refractivity contribution is -0.136. The predicted octanol–water partition coefficient (Wildman–Crippen LogP) is 1.71. The minimum Gasteiger partial charge on any atom is -0.451 e. The number of carbonyl (C=O) groups is 3. The summed E-state index contributed by atoms with van der Waals surface area (Å²) in [6.45, 7) is 4.15. The molecule has 1 N–H and O–H groups in total. The van der Waals surface area contributed by atoms with Gasteiger partial charge >= 0.3 is 0 Å². The van der Waals surface area contributed by atoms with E-state index in [-0.39, 0.29) is 24.0 Å². The number of hydrogen-bond acceptors (Lipinski definition) is 6. The van der Waals surface area contributed by atoms with E-state index in [4.69, 9.17) is 4.42 Å². The van der Waals surface area contributed by atoms with Crippen molar-refractivity contribution < 1.29 is 27.2 Å². The summed E-state index contributed by atoms with van der Waals surface area (Å²) >= 11 is 0. The van der Waals surface area contributed by atoms with E-state index in [0.717, 1.165) is 17.2 Å². The molecule has 1 aromatic carbocycles. The maximum absolute atomic E-state index is 12.8. The van der Waals surface area contributed by atoms with E-state index < -0.39 is 33.5 Å². The molecule has 3 rings (SSSR count). The molecular formula is C21H26N2O6S. The summed E-state index contributed by atoms with van der Waals surface area (Å²) in [5.74, 6) is -2.07. The topological polar surface area (TPSA) is 114 Å².